The van der Waals surface area contributed by atoms with E-state index in [0.29, 0.717) is 26.0 Å². The molecule has 1 amide bonds. The molecule has 0 radical (unpaired) electrons. The van der Waals surface area contributed by atoms with Gasteiger partial charge < -0.3 is 14.7 Å². The van der Waals surface area contributed by atoms with E-state index in [1.807, 2.05) is 30.3 Å². The highest BCUT2D eigenvalue weighted by Crippen LogP contribution is 2.20. The van der Waals surface area contributed by atoms with E-state index in [2.05, 4.69) is 0 Å². The highest BCUT2D eigenvalue weighted by Gasteiger charge is 2.29. The van der Waals surface area contributed by atoms with Crippen LogP contribution in [0.3, 0.4) is 0 Å². The number of rotatable bonds is 5. The van der Waals surface area contributed by atoms with E-state index < -0.39 is 5.97 Å². The van der Waals surface area contributed by atoms with E-state index in [0.717, 1.165) is 5.56 Å². The summed E-state index contributed by atoms with van der Waals surface area (Å²) in [7, 11) is 0. The SMILES string of the molecule is O=C(O)CCC1CCOC(=O)N1Cc1ccccc1. The molecule has 2 rings (SSSR count). The fraction of sp³-hybridized carbons (Fsp3) is 0.429. The second-order valence-corrected chi connectivity index (χ2v) is 4.60. The van der Waals surface area contributed by atoms with Gasteiger partial charge in [-0.15, -0.1) is 0 Å². The summed E-state index contributed by atoms with van der Waals surface area (Å²) in [5.74, 6) is -0.835. The Labute approximate surface area is 111 Å². The van der Waals surface area contributed by atoms with Gasteiger partial charge in [0.1, 0.15) is 0 Å². The van der Waals surface area contributed by atoms with E-state index in [1.54, 1.807) is 4.90 Å². The third kappa shape index (κ3) is 3.71. The van der Waals surface area contributed by atoms with Gasteiger partial charge in [-0.2, -0.15) is 0 Å². The molecule has 102 valence electrons. The third-order valence-electron chi connectivity index (χ3n) is 3.24. The molecule has 5 nitrogen and oxygen atoms in total. The minimum atomic E-state index is -0.835. The minimum Gasteiger partial charge on any atom is -0.481 e. The lowest BCUT2D eigenvalue weighted by Gasteiger charge is -2.34. The van der Waals surface area contributed by atoms with Gasteiger partial charge >= 0.3 is 12.1 Å². The minimum absolute atomic E-state index is 0.0578. The Balaban J connectivity index is 2.03. The summed E-state index contributed by atoms with van der Waals surface area (Å²) in [6.07, 6.45) is 0.873. The topological polar surface area (TPSA) is 66.8 Å². The number of hydrogen-bond acceptors (Lipinski definition) is 3. The average Bonchev–Trinajstić information content (AvgIpc) is 2.40. The molecule has 0 aliphatic carbocycles. The quantitative estimate of drug-likeness (QED) is 0.884. The molecule has 1 aromatic rings. The molecule has 1 aromatic carbocycles. The Morgan fingerprint density at radius 2 is 2.11 bits per heavy atom. The summed E-state index contributed by atoms with van der Waals surface area (Å²) in [6.45, 7) is 0.832. The summed E-state index contributed by atoms with van der Waals surface area (Å²) in [4.78, 5) is 24.1. The first kappa shape index (κ1) is 13.4. The van der Waals surface area contributed by atoms with Crippen molar-refractivity contribution in [3.05, 3.63) is 35.9 Å². The molecule has 0 aromatic heterocycles. The highest BCUT2D eigenvalue weighted by molar-refractivity contribution is 5.69. The fourth-order valence-corrected chi connectivity index (χ4v) is 2.23. The van der Waals surface area contributed by atoms with E-state index in [-0.39, 0.29) is 18.6 Å². The van der Waals surface area contributed by atoms with Crippen molar-refractivity contribution in [1.82, 2.24) is 4.90 Å². The molecular formula is C14H17NO4. The number of carbonyl (C=O) groups is 2. The van der Waals surface area contributed by atoms with Crippen LogP contribution in [0.5, 0.6) is 0 Å². The van der Waals surface area contributed by atoms with Crippen LogP contribution in [0, 0.1) is 0 Å². The number of amides is 1. The number of carboxylic acids is 1. The van der Waals surface area contributed by atoms with Crippen molar-refractivity contribution in [3.8, 4) is 0 Å². The molecule has 1 heterocycles. The first-order valence-electron chi connectivity index (χ1n) is 6.36. The van der Waals surface area contributed by atoms with Crippen LogP contribution in [0.2, 0.25) is 0 Å². The molecular weight excluding hydrogens is 246 g/mol. The van der Waals surface area contributed by atoms with Crippen LogP contribution in [0.4, 0.5) is 4.79 Å². The second-order valence-electron chi connectivity index (χ2n) is 4.60. The normalized spacial score (nSPS) is 19.1. The van der Waals surface area contributed by atoms with E-state index >= 15 is 0 Å². The number of nitrogens with zero attached hydrogens (tertiary/aromatic N) is 1. The standard InChI is InChI=1S/C14H17NO4/c16-13(17)7-6-12-8-9-19-14(18)15(12)10-11-4-2-1-3-5-11/h1-5,12H,6-10H2,(H,16,17). The zero-order chi connectivity index (χ0) is 13.7. The second kappa shape index (κ2) is 6.22. The van der Waals surface area contributed by atoms with Gasteiger partial charge in [0.15, 0.2) is 0 Å². The average molecular weight is 263 g/mol. The molecule has 1 aliphatic rings. The van der Waals surface area contributed by atoms with Crippen LogP contribution in [-0.2, 0) is 16.1 Å². The molecule has 1 unspecified atom stereocenters. The molecule has 1 atom stereocenters. The molecule has 0 spiro atoms. The van der Waals surface area contributed by atoms with Crippen molar-refractivity contribution in [1.29, 1.82) is 0 Å². The Morgan fingerprint density at radius 1 is 1.37 bits per heavy atom. The van der Waals surface area contributed by atoms with Crippen molar-refractivity contribution in [2.75, 3.05) is 6.61 Å². The smallest absolute Gasteiger partial charge is 0.410 e. The third-order valence-corrected chi connectivity index (χ3v) is 3.24. The van der Waals surface area contributed by atoms with Gasteiger partial charge in [-0.25, -0.2) is 4.79 Å². The van der Waals surface area contributed by atoms with Crippen LogP contribution in [0.1, 0.15) is 24.8 Å². The molecule has 19 heavy (non-hydrogen) atoms. The van der Waals surface area contributed by atoms with Crippen LogP contribution < -0.4 is 0 Å². The fourth-order valence-electron chi connectivity index (χ4n) is 2.23. The zero-order valence-corrected chi connectivity index (χ0v) is 10.6. The molecule has 1 N–H and O–H groups in total. The number of carboxylic acid groups (broad SMARTS) is 1. The van der Waals surface area contributed by atoms with Gasteiger partial charge in [0.05, 0.1) is 6.61 Å². The number of carbonyl (C=O) groups excluding carboxylic acids is 1. The Kier molecular flexibility index (Phi) is 4.39. The largest absolute Gasteiger partial charge is 0.481 e. The summed E-state index contributed by atoms with van der Waals surface area (Å²) in [5.41, 5.74) is 1.02. The van der Waals surface area contributed by atoms with Crippen LogP contribution in [0.15, 0.2) is 30.3 Å². The number of cyclic esters (lactones) is 1. The van der Waals surface area contributed by atoms with Gasteiger partial charge in [-0.1, -0.05) is 30.3 Å². The summed E-state index contributed by atoms with van der Waals surface area (Å²) in [6, 6.07) is 9.57. The number of benzene rings is 1. The number of ether oxygens (including phenoxy) is 1. The summed E-state index contributed by atoms with van der Waals surface area (Å²) in [5, 5.41) is 8.75. The van der Waals surface area contributed by atoms with Crippen LogP contribution in [0.25, 0.3) is 0 Å². The lowest BCUT2D eigenvalue weighted by molar-refractivity contribution is -0.137. The van der Waals surface area contributed by atoms with Gasteiger partial charge in [0, 0.05) is 25.4 Å². The lowest BCUT2D eigenvalue weighted by atomic mass is 10.0. The molecule has 0 saturated carbocycles. The number of aliphatic carboxylic acids is 1. The predicted octanol–water partition coefficient (Wildman–Crippen LogP) is 2.26. The summed E-state index contributed by atoms with van der Waals surface area (Å²) < 4.78 is 5.04. The maximum absolute atomic E-state index is 11.8. The predicted molar refractivity (Wildman–Crippen MR) is 68.6 cm³/mol. The number of hydrogen-bond donors (Lipinski definition) is 1. The van der Waals surface area contributed by atoms with Gasteiger partial charge in [-0.3, -0.25) is 4.79 Å². The van der Waals surface area contributed by atoms with Gasteiger partial charge in [-0.05, 0) is 12.0 Å². The molecule has 5 heteroatoms. The summed E-state index contributed by atoms with van der Waals surface area (Å²) >= 11 is 0. The molecule has 1 aliphatic heterocycles. The molecule has 1 saturated heterocycles. The Hall–Kier alpha value is -2.04. The Morgan fingerprint density at radius 3 is 2.79 bits per heavy atom. The van der Waals surface area contributed by atoms with Gasteiger partial charge in [0.2, 0.25) is 0 Å². The van der Waals surface area contributed by atoms with E-state index in [1.165, 1.54) is 0 Å². The Bertz CT molecular complexity index is 446. The lowest BCUT2D eigenvalue weighted by Crippen LogP contribution is -2.45. The van der Waals surface area contributed by atoms with Crippen LogP contribution >= 0.6 is 0 Å². The van der Waals surface area contributed by atoms with Crippen molar-refractivity contribution in [3.63, 3.8) is 0 Å². The first-order chi connectivity index (χ1) is 9.16. The van der Waals surface area contributed by atoms with Crippen LogP contribution in [-0.4, -0.2) is 34.7 Å². The van der Waals surface area contributed by atoms with E-state index in [9.17, 15) is 9.59 Å². The van der Waals surface area contributed by atoms with Crippen molar-refractivity contribution in [2.45, 2.75) is 31.8 Å². The van der Waals surface area contributed by atoms with Gasteiger partial charge in [0.25, 0.3) is 0 Å². The maximum Gasteiger partial charge on any atom is 0.410 e. The first-order valence-corrected chi connectivity index (χ1v) is 6.36. The monoisotopic (exact) mass is 263 g/mol. The maximum atomic E-state index is 11.8. The van der Waals surface area contributed by atoms with Crippen molar-refractivity contribution in [2.24, 2.45) is 0 Å². The van der Waals surface area contributed by atoms with E-state index in [4.69, 9.17) is 9.84 Å². The van der Waals surface area contributed by atoms with Crippen molar-refractivity contribution < 1.29 is 19.4 Å². The van der Waals surface area contributed by atoms with Crippen molar-refractivity contribution >= 4 is 12.1 Å². The highest BCUT2D eigenvalue weighted by atomic mass is 16.6. The molecule has 1 fully saturated rings. The zero-order valence-electron chi connectivity index (χ0n) is 10.6. The molecule has 0 bridgehead atoms.